The van der Waals surface area contributed by atoms with Gasteiger partial charge in [-0.2, -0.15) is 0 Å². The highest BCUT2D eigenvalue weighted by Gasteiger charge is 2.24. The Morgan fingerprint density at radius 2 is 2.10 bits per heavy atom. The highest BCUT2D eigenvalue weighted by atomic mass is 32.1. The van der Waals surface area contributed by atoms with Crippen molar-refractivity contribution in [3.05, 3.63) is 34.2 Å². The molecule has 0 bridgehead atoms. The van der Waals surface area contributed by atoms with Gasteiger partial charge < -0.3 is 10.2 Å². The molecule has 0 unspecified atom stereocenters. The molecule has 1 aromatic carbocycles. The van der Waals surface area contributed by atoms with Crippen molar-refractivity contribution in [1.29, 1.82) is 0 Å². The summed E-state index contributed by atoms with van der Waals surface area (Å²) in [6.45, 7) is 2.05. The summed E-state index contributed by atoms with van der Waals surface area (Å²) in [4.78, 5) is 6.06. The number of thiophene rings is 1. The number of nitrogens with two attached hydrogens (primary N) is 1. The Balaban J connectivity index is 1.95. The summed E-state index contributed by atoms with van der Waals surface area (Å²) in [5, 5.41) is 0.848. The SMILES string of the molecule is Cc1cccc2nc(-c3c(N)sc4c3CCCC4)oc12. The predicted octanol–water partition coefficient (Wildman–Crippen LogP) is 4.33. The molecule has 1 aliphatic rings. The maximum Gasteiger partial charge on any atom is 0.230 e. The van der Waals surface area contributed by atoms with Gasteiger partial charge in [-0.25, -0.2) is 4.98 Å². The van der Waals surface area contributed by atoms with E-state index in [0.717, 1.165) is 40.1 Å². The van der Waals surface area contributed by atoms with E-state index < -0.39 is 0 Å². The van der Waals surface area contributed by atoms with E-state index in [1.165, 1.54) is 23.3 Å². The number of nitrogens with zero attached hydrogens (tertiary/aromatic N) is 1. The number of rotatable bonds is 1. The number of aryl methyl sites for hydroxylation is 2. The van der Waals surface area contributed by atoms with Gasteiger partial charge in [-0.1, -0.05) is 12.1 Å². The molecule has 3 nitrogen and oxygen atoms in total. The Kier molecular flexibility index (Phi) is 2.60. The molecule has 0 fully saturated rings. The first kappa shape index (κ1) is 12.0. The number of nitrogen functional groups attached to an aromatic ring is 1. The topological polar surface area (TPSA) is 52.0 Å². The van der Waals surface area contributed by atoms with Crippen LogP contribution in [0.1, 0.15) is 28.8 Å². The summed E-state index contributed by atoms with van der Waals surface area (Å²) in [5.74, 6) is 0.686. The summed E-state index contributed by atoms with van der Waals surface area (Å²) in [6.07, 6.45) is 4.73. The Labute approximate surface area is 121 Å². The summed E-state index contributed by atoms with van der Waals surface area (Å²) in [6, 6.07) is 6.05. The van der Waals surface area contributed by atoms with E-state index in [9.17, 15) is 0 Å². The lowest BCUT2D eigenvalue weighted by molar-refractivity contribution is 0.614. The molecule has 2 aromatic heterocycles. The zero-order valence-corrected chi connectivity index (χ0v) is 12.2. The molecule has 102 valence electrons. The Bertz CT molecular complexity index is 800. The second kappa shape index (κ2) is 4.35. The van der Waals surface area contributed by atoms with Gasteiger partial charge in [-0.05, 0) is 49.8 Å². The molecule has 4 rings (SSSR count). The third kappa shape index (κ3) is 1.68. The summed E-state index contributed by atoms with van der Waals surface area (Å²) >= 11 is 1.70. The Hall–Kier alpha value is -1.81. The molecular weight excluding hydrogens is 268 g/mol. The molecule has 4 heteroatoms. The van der Waals surface area contributed by atoms with Crippen molar-refractivity contribution in [2.75, 3.05) is 5.73 Å². The van der Waals surface area contributed by atoms with Crippen molar-refractivity contribution in [3.63, 3.8) is 0 Å². The number of para-hydroxylation sites is 1. The summed E-state index contributed by atoms with van der Waals surface area (Å²) in [7, 11) is 0. The van der Waals surface area contributed by atoms with Crippen LogP contribution in [0.15, 0.2) is 22.6 Å². The molecule has 2 N–H and O–H groups in total. The fraction of sp³-hybridized carbons (Fsp3) is 0.312. The highest BCUT2D eigenvalue weighted by Crippen LogP contribution is 2.43. The van der Waals surface area contributed by atoms with Gasteiger partial charge in [-0.3, -0.25) is 0 Å². The van der Waals surface area contributed by atoms with Crippen LogP contribution in [-0.2, 0) is 12.8 Å². The van der Waals surface area contributed by atoms with Gasteiger partial charge in [0.05, 0.1) is 10.6 Å². The number of hydrogen-bond donors (Lipinski definition) is 1. The van der Waals surface area contributed by atoms with Crippen LogP contribution in [-0.4, -0.2) is 4.98 Å². The molecule has 2 heterocycles. The molecule has 20 heavy (non-hydrogen) atoms. The standard InChI is InChI=1S/C16H16N2OS/c1-9-5-4-7-11-14(9)19-16(18-11)13-10-6-2-3-8-12(10)20-15(13)17/h4-5,7H,2-3,6,8,17H2,1H3. The molecule has 0 spiro atoms. The normalized spacial score (nSPS) is 14.7. The van der Waals surface area contributed by atoms with Gasteiger partial charge >= 0.3 is 0 Å². The van der Waals surface area contributed by atoms with Crippen LogP contribution >= 0.6 is 11.3 Å². The van der Waals surface area contributed by atoms with Gasteiger partial charge in [0.1, 0.15) is 5.52 Å². The first-order valence-electron chi connectivity index (χ1n) is 7.00. The Morgan fingerprint density at radius 1 is 1.25 bits per heavy atom. The molecule has 0 radical (unpaired) electrons. The number of anilines is 1. The fourth-order valence-corrected chi connectivity index (χ4v) is 4.17. The van der Waals surface area contributed by atoms with E-state index in [1.807, 2.05) is 25.1 Å². The lowest BCUT2D eigenvalue weighted by Gasteiger charge is -2.11. The van der Waals surface area contributed by atoms with Crippen LogP contribution in [0.3, 0.4) is 0 Å². The minimum Gasteiger partial charge on any atom is -0.436 e. The largest absolute Gasteiger partial charge is 0.436 e. The highest BCUT2D eigenvalue weighted by molar-refractivity contribution is 7.16. The third-order valence-corrected chi connectivity index (χ3v) is 5.15. The number of aromatic nitrogens is 1. The van der Waals surface area contributed by atoms with Crippen LogP contribution in [0.5, 0.6) is 0 Å². The second-order valence-electron chi connectivity index (χ2n) is 5.39. The van der Waals surface area contributed by atoms with Crippen molar-refractivity contribution < 1.29 is 4.42 Å². The van der Waals surface area contributed by atoms with Gasteiger partial charge in [0.25, 0.3) is 0 Å². The van der Waals surface area contributed by atoms with Crippen molar-refractivity contribution in [2.24, 2.45) is 0 Å². The summed E-state index contributed by atoms with van der Waals surface area (Å²) in [5.41, 5.74) is 11.5. The molecule has 0 saturated carbocycles. The average molecular weight is 284 g/mol. The molecule has 1 aliphatic carbocycles. The number of hydrogen-bond acceptors (Lipinski definition) is 4. The maximum absolute atomic E-state index is 6.23. The first-order valence-corrected chi connectivity index (χ1v) is 7.82. The summed E-state index contributed by atoms with van der Waals surface area (Å²) < 4.78 is 6.01. The second-order valence-corrected chi connectivity index (χ2v) is 6.53. The zero-order valence-electron chi connectivity index (χ0n) is 11.4. The first-order chi connectivity index (χ1) is 9.74. The number of oxazole rings is 1. The van der Waals surface area contributed by atoms with Crippen LogP contribution in [0.4, 0.5) is 5.00 Å². The minimum absolute atomic E-state index is 0.686. The van der Waals surface area contributed by atoms with E-state index in [-0.39, 0.29) is 0 Å². The van der Waals surface area contributed by atoms with Crippen LogP contribution in [0, 0.1) is 6.92 Å². The monoisotopic (exact) mass is 284 g/mol. The van der Waals surface area contributed by atoms with Crippen molar-refractivity contribution in [3.8, 4) is 11.5 Å². The molecule has 0 aliphatic heterocycles. The van der Waals surface area contributed by atoms with Gasteiger partial charge in [-0.15, -0.1) is 11.3 Å². The number of fused-ring (bicyclic) bond motifs is 2. The fourth-order valence-electron chi connectivity index (χ4n) is 3.02. The van der Waals surface area contributed by atoms with E-state index in [0.29, 0.717) is 5.89 Å². The lowest BCUT2D eigenvalue weighted by atomic mass is 9.95. The Morgan fingerprint density at radius 3 is 2.95 bits per heavy atom. The van der Waals surface area contributed by atoms with Crippen LogP contribution < -0.4 is 5.73 Å². The molecule has 0 amide bonds. The minimum atomic E-state index is 0.686. The van der Waals surface area contributed by atoms with E-state index in [1.54, 1.807) is 11.3 Å². The maximum atomic E-state index is 6.23. The van der Waals surface area contributed by atoms with E-state index >= 15 is 0 Å². The molecule has 3 aromatic rings. The van der Waals surface area contributed by atoms with Gasteiger partial charge in [0.15, 0.2) is 5.58 Å². The molecule has 0 saturated heterocycles. The van der Waals surface area contributed by atoms with Gasteiger partial charge in [0.2, 0.25) is 5.89 Å². The predicted molar refractivity (Wildman–Crippen MR) is 83.1 cm³/mol. The van der Waals surface area contributed by atoms with E-state index in [4.69, 9.17) is 10.2 Å². The average Bonchev–Trinajstić information content (AvgIpc) is 2.99. The van der Waals surface area contributed by atoms with Crippen molar-refractivity contribution in [2.45, 2.75) is 32.6 Å². The van der Waals surface area contributed by atoms with Crippen LogP contribution in [0.25, 0.3) is 22.6 Å². The lowest BCUT2D eigenvalue weighted by Crippen LogP contribution is -1.99. The molecule has 0 atom stereocenters. The van der Waals surface area contributed by atoms with Crippen LogP contribution in [0.2, 0.25) is 0 Å². The third-order valence-electron chi connectivity index (χ3n) is 4.02. The van der Waals surface area contributed by atoms with Gasteiger partial charge in [0, 0.05) is 4.88 Å². The quantitative estimate of drug-likeness (QED) is 0.723. The van der Waals surface area contributed by atoms with E-state index in [2.05, 4.69) is 4.98 Å². The van der Waals surface area contributed by atoms with Crippen molar-refractivity contribution in [1.82, 2.24) is 4.98 Å². The molecular formula is C16H16N2OS. The van der Waals surface area contributed by atoms with Crippen molar-refractivity contribution >= 4 is 27.4 Å². The smallest absolute Gasteiger partial charge is 0.230 e. The number of benzene rings is 1. The zero-order chi connectivity index (χ0) is 13.7.